The van der Waals surface area contributed by atoms with Crippen molar-refractivity contribution in [2.24, 2.45) is 11.7 Å². The van der Waals surface area contributed by atoms with Gasteiger partial charge in [0.25, 0.3) is 0 Å². The van der Waals surface area contributed by atoms with Gasteiger partial charge in [-0.3, -0.25) is 9.59 Å². The molecule has 1 aromatic carbocycles. The first-order valence-corrected chi connectivity index (χ1v) is 11.3. The SMILES string of the molecule is Cc1nn(-c2ccc(Cl)c(Cl)c2)c(C)c1CC(=O)NCCCN1CCCC(C(N)=O)C1. The van der Waals surface area contributed by atoms with Crippen LogP contribution < -0.4 is 11.1 Å². The third-order valence-corrected chi connectivity index (χ3v) is 6.55. The Bertz CT molecular complexity index is 960. The molecule has 0 aliphatic carbocycles. The van der Waals surface area contributed by atoms with E-state index in [1.165, 1.54) is 0 Å². The minimum Gasteiger partial charge on any atom is -0.369 e. The Labute approximate surface area is 192 Å². The molecular weight excluding hydrogens is 437 g/mol. The largest absolute Gasteiger partial charge is 0.369 e. The summed E-state index contributed by atoms with van der Waals surface area (Å²) in [6, 6.07) is 5.34. The maximum absolute atomic E-state index is 12.5. The molecule has 1 atom stereocenters. The molecule has 0 bridgehead atoms. The molecule has 2 amide bonds. The van der Waals surface area contributed by atoms with Crippen molar-refractivity contribution in [1.82, 2.24) is 20.0 Å². The Balaban J connectivity index is 1.51. The van der Waals surface area contributed by atoms with E-state index in [1.807, 2.05) is 19.9 Å². The number of primary amides is 1. The number of amides is 2. The van der Waals surface area contributed by atoms with Crippen LogP contribution in [0.25, 0.3) is 5.69 Å². The van der Waals surface area contributed by atoms with Gasteiger partial charge in [-0.2, -0.15) is 5.10 Å². The zero-order valence-electron chi connectivity index (χ0n) is 18.0. The second-order valence-corrected chi connectivity index (χ2v) is 8.90. The molecule has 3 N–H and O–H groups in total. The summed E-state index contributed by atoms with van der Waals surface area (Å²) in [5.41, 5.74) is 8.85. The maximum atomic E-state index is 12.5. The van der Waals surface area contributed by atoms with Crippen molar-refractivity contribution in [1.29, 1.82) is 0 Å². The normalized spacial score (nSPS) is 17.0. The number of carbonyl (C=O) groups excluding carboxylic acids is 2. The first-order valence-electron chi connectivity index (χ1n) is 10.5. The Morgan fingerprint density at radius 2 is 2.03 bits per heavy atom. The lowest BCUT2D eigenvalue weighted by molar-refractivity contribution is -0.123. The summed E-state index contributed by atoms with van der Waals surface area (Å²) in [7, 11) is 0. The third kappa shape index (κ3) is 5.99. The van der Waals surface area contributed by atoms with E-state index in [1.54, 1.807) is 16.8 Å². The lowest BCUT2D eigenvalue weighted by Crippen LogP contribution is -2.42. The van der Waals surface area contributed by atoms with Crippen molar-refractivity contribution in [3.63, 3.8) is 0 Å². The van der Waals surface area contributed by atoms with Crippen molar-refractivity contribution in [3.05, 3.63) is 45.2 Å². The highest BCUT2D eigenvalue weighted by Crippen LogP contribution is 2.26. The molecule has 1 saturated heterocycles. The maximum Gasteiger partial charge on any atom is 0.224 e. The van der Waals surface area contributed by atoms with E-state index in [0.29, 0.717) is 16.6 Å². The minimum absolute atomic E-state index is 0.0338. The third-order valence-electron chi connectivity index (χ3n) is 5.81. The van der Waals surface area contributed by atoms with E-state index in [9.17, 15) is 9.59 Å². The number of aromatic nitrogens is 2. The predicted octanol–water partition coefficient (Wildman–Crippen LogP) is 3.04. The molecule has 7 nitrogen and oxygen atoms in total. The fraction of sp³-hybridized carbons (Fsp3) is 0.500. The Morgan fingerprint density at radius 1 is 1.26 bits per heavy atom. The van der Waals surface area contributed by atoms with Crippen LogP contribution in [0, 0.1) is 19.8 Å². The van der Waals surface area contributed by atoms with Gasteiger partial charge in [-0.15, -0.1) is 0 Å². The van der Waals surface area contributed by atoms with Crippen molar-refractivity contribution < 1.29 is 9.59 Å². The molecule has 0 spiro atoms. The smallest absolute Gasteiger partial charge is 0.224 e. The number of rotatable bonds is 8. The van der Waals surface area contributed by atoms with Crippen LogP contribution >= 0.6 is 23.2 Å². The highest BCUT2D eigenvalue weighted by molar-refractivity contribution is 6.42. The van der Waals surface area contributed by atoms with Gasteiger partial charge in [-0.1, -0.05) is 23.2 Å². The van der Waals surface area contributed by atoms with E-state index in [2.05, 4.69) is 15.3 Å². The van der Waals surface area contributed by atoms with Gasteiger partial charge in [-0.25, -0.2) is 4.68 Å². The van der Waals surface area contributed by atoms with Crippen LogP contribution in [0.15, 0.2) is 18.2 Å². The van der Waals surface area contributed by atoms with E-state index in [-0.39, 0.29) is 24.2 Å². The van der Waals surface area contributed by atoms with Crippen LogP contribution in [0.3, 0.4) is 0 Å². The molecule has 0 saturated carbocycles. The average Bonchev–Trinajstić information content (AvgIpc) is 3.01. The fourth-order valence-electron chi connectivity index (χ4n) is 4.04. The number of carbonyl (C=O) groups is 2. The zero-order valence-corrected chi connectivity index (χ0v) is 19.5. The van der Waals surface area contributed by atoms with Crippen LogP contribution in [0.1, 0.15) is 36.2 Å². The molecule has 2 heterocycles. The van der Waals surface area contributed by atoms with Gasteiger partial charge >= 0.3 is 0 Å². The molecule has 168 valence electrons. The van der Waals surface area contributed by atoms with Crippen LogP contribution in [-0.2, 0) is 16.0 Å². The van der Waals surface area contributed by atoms with Crippen molar-refractivity contribution in [2.75, 3.05) is 26.2 Å². The number of nitrogens with two attached hydrogens (primary N) is 1. The van der Waals surface area contributed by atoms with Crippen LogP contribution in [-0.4, -0.2) is 52.7 Å². The van der Waals surface area contributed by atoms with Gasteiger partial charge in [0.05, 0.1) is 33.8 Å². The summed E-state index contributed by atoms with van der Waals surface area (Å²) in [6.07, 6.45) is 2.96. The number of likely N-dealkylation sites (tertiary alicyclic amines) is 1. The van der Waals surface area contributed by atoms with Crippen LogP contribution in [0.4, 0.5) is 0 Å². The Hall–Kier alpha value is -2.09. The number of hydrogen-bond acceptors (Lipinski definition) is 4. The molecule has 3 rings (SSSR count). The molecule has 2 aromatic rings. The summed E-state index contributed by atoms with van der Waals surface area (Å²) in [6.45, 7) is 6.97. The highest BCUT2D eigenvalue weighted by Gasteiger charge is 2.23. The molecule has 31 heavy (non-hydrogen) atoms. The Kier molecular flexibility index (Phi) is 7.97. The number of nitrogens with zero attached hydrogens (tertiary/aromatic N) is 3. The summed E-state index contributed by atoms with van der Waals surface area (Å²) in [5.74, 6) is -0.306. The minimum atomic E-state index is -0.217. The van der Waals surface area contributed by atoms with Crippen molar-refractivity contribution >= 4 is 35.0 Å². The number of halogens is 2. The number of nitrogens with one attached hydrogen (secondary N) is 1. The molecular formula is C22H29Cl2N5O2. The first kappa shape index (κ1) is 23.6. The van der Waals surface area contributed by atoms with Crippen LogP contribution in [0.2, 0.25) is 10.0 Å². The molecule has 1 aliphatic heterocycles. The van der Waals surface area contributed by atoms with E-state index < -0.39 is 0 Å². The number of piperidine rings is 1. The second-order valence-electron chi connectivity index (χ2n) is 8.08. The van der Waals surface area contributed by atoms with Gasteiger partial charge in [0.2, 0.25) is 11.8 Å². The number of aryl methyl sites for hydroxylation is 1. The van der Waals surface area contributed by atoms with E-state index >= 15 is 0 Å². The van der Waals surface area contributed by atoms with Crippen molar-refractivity contribution in [2.45, 2.75) is 39.5 Å². The number of benzene rings is 1. The van der Waals surface area contributed by atoms with Gasteiger partial charge in [0.1, 0.15) is 0 Å². The van der Waals surface area contributed by atoms with Gasteiger partial charge in [0, 0.05) is 24.3 Å². The topological polar surface area (TPSA) is 93.2 Å². The van der Waals surface area contributed by atoms with Gasteiger partial charge in [0.15, 0.2) is 0 Å². The quantitative estimate of drug-likeness (QED) is 0.585. The Morgan fingerprint density at radius 3 is 2.74 bits per heavy atom. The summed E-state index contributed by atoms with van der Waals surface area (Å²) in [5, 5.41) is 8.51. The summed E-state index contributed by atoms with van der Waals surface area (Å²) >= 11 is 12.1. The highest BCUT2D eigenvalue weighted by atomic mass is 35.5. The molecule has 0 radical (unpaired) electrons. The van der Waals surface area contributed by atoms with Crippen LogP contribution in [0.5, 0.6) is 0 Å². The number of hydrogen-bond donors (Lipinski definition) is 2. The first-order chi connectivity index (χ1) is 14.8. The predicted molar refractivity (Wildman–Crippen MR) is 123 cm³/mol. The van der Waals surface area contributed by atoms with Crippen molar-refractivity contribution in [3.8, 4) is 5.69 Å². The fourth-order valence-corrected chi connectivity index (χ4v) is 4.34. The zero-order chi connectivity index (χ0) is 22.5. The van der Waals surface area contributed by atoms with E-state index in [4.69, 9.17) is 28.9 Å². The second kappa shape index (κ2) is 10.5. The summed E-state index contributed by atoms with van der Waals surface area (Å²) in [4.78, 5) is 26.1. The van der Waals surface area contributed by atoms with Gasteiger partial charge in [-0.05, 0) is 64.4 Å². The lowest BCUT2D eigenvalue weighted by Gasteiger charge is -2.31. The van der Waals surface area contributed by atoms with E-state index in [0.717, 1.165) is 61.5 Å². The summed E-state index contributed by atoms with van der Waals surface area (Å²) < 4.78 is 1.78. The molecule has 1 aliphatic rings. The molecule has 1 aromatic heterocycles. The van der Waals surface area contributed by atoms with Gasteiger partial charge < -0.3 is 16.0 Å². The molecule has 1 fully saturated rings. The standard InChI is InChI=1S/C22H29Cl2N5O2/c1-14-18(15(2)29(27-14)17-6-7-19(23)20(24)11-17)12-21(30)26-8-4-10-28-9-3-5-16(13-28)22(25)31/h6-7,11,16H,3-5,8-10,12-13H2,1-2H3,(H2,25,31)(H,26,30). The monoisotopic (exact) mass is 465 g/mol. The average molecular weight is 466 g/mol. The molecule has 9 heteroatoms. The molecule has 1 unspecified atom stereocenters. The lowest BCUT2D eigenvalue weighted by atomic mass is 9.97.